The van der Waals surface area contributed by atoms with Gasteiger partial charge in [0.2, 0.25) is 11.8 Å². The van der Waals surface area contributed by atoms with Crippen molar-refractivity contribution in [2.75, 3.05) is 56.9 Å². The van der Waals surface area contributed by atoms with Gasteiger partial charge in [0.25, 0.3) is 5.91 Å². The van der Waals surface area contributed by atoms with Crippen LogP contribution in [0.25, 0.3) is 0 Å². The van der Waals surface area contributed by atoms with Crippen LogP contribution in [-0.4, -0.2) is 82.5 Å². The van der Waals surface area contributed by atoms with Gasteiger partial charge >= 0.3 is 0 Å². The van der Waals surface area contributed by atoms with E-state index in [0.29, 0.717) is 63.0 Å². The number of hydrogen-bond donors (Lipinski definition) is 2. The molecule has 1 aromatic rings. The minimum Gasteiger partial charge on any atom is -0.476 e. The van der Waals surface area contributed by atoms with Gasteiger partial charge in [0, 0.05) is 64.8 Å². The van der Waals surface area contributed by atoms with Crippen molar-refractivity contribution in [2.45, 2.75) is 83.9 Å². The van der Waals surface area contributed by atoms with Gasteiger partial charge < -0.3 is 34.6 Å². The van der Waals surface area contributed by atoms with Crippen LogP contribution in [0.3, 0.4) is 0 Å². The van der Waals surface area contributed by atoms with E-state index in [1.54, 1.807) is 33.0 Å². The largest absolute Gasteiger partial charge is 0.476 e. The molecular formula is C32H50N4O6. The Kier molecular flexibility index (Phi) is 10.9. The smallest absolute Gasteiger partial charge is 0.270 e. The second-order valence-electron chi connectivity index (χ2n) is 12.9. The summed E-state index contributed by atoms with van der Waals surface area (Å²) in [4.78, 5) is 44.4. The van der Waals surface area contributed by atoms with E-state index < -0.39 is 5.60 Å². The van der Waals surface area contributed by atoms with Crippen LogP contribution in [-0.2, 0) is 23.9 Å². The Balaban J connectivity index is 1.51. The van der Waals surface area contributed by atoms with Gasteiger partial charge in [-0.25, -0.2) is 0 Å². The molecule has 2 heterocycles. The molecule has 234 valence electrons. The standard InChI is InChI=1S/C32H50N4O6/c1-21(2)16-24(12-15-41-6)34-29(37)22-17-23(20-33-19-22)30(38)36(25-8-9-25)26-10-11-28-27(18-26)35(13-7-14-40-5)31(39)32(3,4)42-28/h10-11,18,21-25,33H,7-9,12-17,19-20H2,1-6H3,(H,34,37)/t22-,23+,24-/m0/s1. The Morgan fingerprint density at radius 2 is 1.86 bits per heavy atom. The first kappa shape index (κ1) is 32.2. The van der Waals surface area contributed by atoms with E-state index in [0.717, 1.165) is 31.4 Å². The topological polar surface area (TPSA) is 109 Å². The van der Waals surface area contributed by atoms with Crippen LogP contribution in [0.4, 0.5) is 11.4 Å². The third-order valence-electron chi connectivity index (χ3n) is 8.36. The number of methoxy groups -OCH3 is 2. The molecule has 0 radical (unpaired) electrons. The Morgan fingerprint density at radius 1 is 1.14 bits per heavy atom. The van der Waals surface area contributed by atoms with Crippen LogP contribution in [0.5, 0.6) is 5.75 Å². The molecule has 3 aliphatic rings. The Labute approximate surface area is 250 Å². The van der Waals surface area contributed by atoms with Crippen molar-refractivity contribution in [2.24, 2.45) is 17.8 Å². The molecule has 42 heavy (non-hydrogen) atoms. The second kappa shape index (κ2) is 14.2. The summed E-state index contributed by atoms with van der Waals surface area (Å²) >= 11 is 0. The van der Waals surface area contributed by atoms with Crippen LogP contribution in [0.15, 0.2) is 18.2 Å². The van der Waals surface area contributed by atoms with E-state index in [9.17, 15) is 14.4 Å². The molecule has 3 atom stereocenters. The molecule has 0 unspecified atom stereocenters. The summed E-state index contributed by atoms with van der Waals surface area (Å²) in [5.74, 6) is 0.400. The van der Waals surface area contributed by atoms with E-state index in [-0.39, 0.29) is 41.6 Å². The van der Waals surface area contributed by atoms with Crippen molar-refractivity contribution < 1.29 is 28.6 Å². The summed E-state index contributed by atoms with van der Waals surface area (Å²) < 4.78 is 16.6. The first-order chi connectivity index (χ1) is 20.1. The van der Waals surface area contributed by atoms with Crippen molar-refractivity contribution >= 4 is 29.1 Å². The number of nitrogens with one attached hydrogen (secondary N) is 2. The molecule has 2 fully saturated rings. The molecule has 0 bridgehead atoms. The highest BCUT2D eigenvalue weighted by Gasteiger charge is 2.43. The van der Waals surface area contributed by atoms with Gasteiger partial charge in [0.1, 0.15) is 5.75 Å². The molecule has 4 rings (SSSR count). The van der Waals surface area contributed by atoms with Gasteiger partial charge in [-0.1, -0.05) is 13.8 Å². The maximum absolute atomic E-state index is 14.1. The van der Waals surface area contributed by atoms with E-state index in [1.165, 1.54) is 0 Å². The van der Waals surface area contributed by atoms with Crippen LogP contribution in [0.1, 0.15) is 66.2 Å². The average molecular weight is 587 g/mol. The number of rotatable bonds is 14. The van der Waals surface area contributed by atoms with Gasteiger partial charge in [-0.3, -0.25) is 14.4 Å². The monoisotopic (exact) mass is 586 g/mol. The normalized spacial score (nSPS) is 22.4. The Morgan fingerprint density at radius 3 is 2.52 bits per heavy atom. The minimum atomic E-state index is -0.977. The summed E-state index contributed by atoms with van der Waals surface area (Å²) in [6.07, 6.45) is 4.71. The summed E-state index contributed by atoms with van der Waals surface area (Å²) in [5.41, 5.74) is 0.462. The minimum absolute atomic E-state index is 0.00141. The van der Waals surface area contributed by atoms with Crippen molar-refractivity contribution in [1.82, 2.24) is 10.6 Å². The van der Waals surface area contributed by atoms with Crippen LogP contribution < -0.4 is 25.2 Å². The van der Waals surface area contributed by atoms with Crippen LogP contribution in [0.2, 0.25) is 0 Å². The number of amides is 3. The highest BCUT2D eigenvalue weighted by Crippen LogP contribution is 2.43. The van der Waals surface area contributed by atoms with Crippen LogP contribution in [0, 0.1) is 17.8 Å². The summed E-state index contributed by atoms with van der Waals surface area (Å²) in [6, 6.07) is 5.87. The Bertz CT molecular complexity index is 1100. The van der Waals surface area contributed by atoms with Gasteiger partial charge in [0.15, 0.2) is 5.60 Å². The zero-order chi connectivity index (χ0) is 30.4. The molecule has 1 saturated carbocycles. The number of fused-ring (bicyclic) bond motifs is 1. The fourth-order valence-corrected chi connectivity index (χ4v) is 6.07. The predicted molar refractivity (Wildman–Crippen MR) is 163 cm³/mol. The van der Waals surface area contributed by atoms with E-state index in [2.05, 4.69) is 24.5 Å². The van der Waals surface area contributed by atoms with Crippen molar-refractivity contribution in [3.8, 4) is 5.75 Å². The van der Waals surface area contributed by atoms with Crippen molar-refractivity contribution in [1.29, 1.82) is 0 Å². The summed E-state index contributed by atoms with van der Waals surface area (Å²) in [7, 11) is 3.32. The van der Waals surface area contributed by atoms with Gasteiger partial charge in [-0.2, -0.15) is 0 Å². The zero-order valence-corrected chi connectivity index (χ0v) is 26.2. The van der Waals surface area contributed by atoms with Crippen molar-refractivity contribution in [3.05, 3.63) is 18.2 Å². The lowest BCUT2D eigenvalue weighted by Crippen LogP contribution is -2.53. The van der Waals surface area contributed by atoms with Gasteiger partial charge in [-0.15, -0.1) is 0 Å². The first-order valence-electron chi connectivity index (χ1n) is 15.5. The lowest BCUT2D eigenvalue weighted by atomic mass is 9.88. The number of ether oxygens (including phenoxy) is 3. The molecule has 10 heteroatoms. The third-order valence-corrected chi connectivity index (χ3v) is 8.36. The Hall–Kier alpha value is -2.69. The molecule has 2 aliphatic heterocycles. The quantitative estimate of drug-likeness (QED) is 0.321. The highest BCUT2D eigenvalue weighted by molar-refractivity contribution is 6.04. The molecule has 2 N–H and O–H groups in total. The number of nitrogens with zero attached hydrogens (tertiary/aromatic N) is 2. The van der Waals surface area contributed by atoms with Gasteiger partial charge in [-0.05, 0) is 76.5 Å². The predicted octanol–water partition coefficient (Wildman–Crippen LogP) is 3.52. The number of piperidine rings is 1. The SMILES string of the molecule is COCCCN1C(=O)C(C)(C)Oc2ccc(N(C(=O)[C@H]3CNC[C@@H](C(=O)N[C@@H](CCOC)CC(C)C)C3)C3CC3)cc21. The molecule has 10 nitrogen and oxygen atoms in total. The number of hydrogen-bond acceptors (Lipinski definition) is 7. The molecule has 1 aliphatic carbocycles. The lowest BCUT2D eigenvalue weighted by Gasteiger charge is -2.40. The van der Waals surface area contributed by atoms with Crippen LogP contribution >= 0.6 is 0 Å². The lowest BCUT2D eigenvalue weighted by molar-refractivity contribution is -0.132. The number of carbonyl (C=O) groups excluding carboxylic acids is 3. The van der Waals surface area contributed by atoms with Gasteiger partial charge in [0.05, 0.1) is 17.5 Å². The highest BCUT2D eigenvalue weighted by atomic mass is 16.5. The molecule has 1 saturated heterocycles. The van der Waals surface area contributed by atoms with E-state index in [4.69, 9.17) is 14.2 Å². The first-order valence-corrected chi connectivity index (χ1v) is 15.5. The fraction of sp³-hybridized carbons (Fsp3) is 0.719. The molecule has 0 spiro atoms. The molecular weight excluding hydrogens is 536 g/mol. The molecule has 1 aromatic carbocycles. The maximum Gasteiger partial charge on any atom is 0.270 e. The average Bonchev–Trinajstić information content (AvgIpc) is 3.79. The van der Waals surface area contributed by atoms with Crippen molar-refractivity contribution in [3.63, 3.8) is 0 Å². The zero-order valence-electron chi connectivity index (χ0n) is 26.2. The molecule has 3 amide bonds. The van der Waals surface area contributed by atoms with E-state index in [1.807, 2.05) is 23.1 Å². The molecule has 0 aromatic heterocycles. The number of carbonyl (C=O) groups is 3. The summed E-state index contributed by atoms with van der Waals surface area (Å²) in [5, 5.41) is 6.59. The number of anilines is 2. The maximum atomic E-state index is 14.1. The van der Waals surface area contributed by atoms with E-state index >= 15 is 0 Å². The third kappa shape index (κ3) is 7.82. The number of benzene rings is 1. The summed E-state index contributed by atoms with van der Waals surface area (Å²) in [6.45, 7) is 10.6. The second-order valence-corrected chi connectivity index (χ2v) is 12.9. The fourth-order valence-electron chi connectivity index (χ4n) is 6.07.